The Bertz CT molecular complexity index is 1290. The van der Waals surface area contributed by atoms with Crippen molar-refractivity contribution in [2.75, 3.05) is 17.2 Å². The van der Waals surface area contributed by atoms with E-state index in [1.165, 1.54) is 22.7 Å². The van der Waals surface area contributed by atoms with Crippen LogP contribution in [0.25, 0.3) is 5.69 Å². The summed E-state index contributed by atoms with van der Waals surface area (Å²) in [4.78, 5) is 28.0. The molecule has 0 unspecified atom stereocenters. The standard InChI is InChI=1S/C28H33FN4O2S/c1-17(2)30-22(34)15-32-23(35)16-36-25(19-12-8-9-13-20(19)29)24-26(28(4,5)6)31-33(27(24)32)21-14-10-7-11-18(21)3/h7-14,17,25H,15-16H2,1-6H3,(H,30,34)/t25-/m0/s1. The van der Waals surface area contributed by atoms with Gasteiger partial charge in [0.25, 0.3) is 0 Å². The van der Waals surface area contributed by atoms with Crippen molar-refractivity contribution in [1.82, 2.24) is 15.1 Å². The smallest absolute Gasteiger partial charge is 0.240 e. The minimum absolute atomic E-state index is 0.0639. The first-order chi connectivity index (χ1) is 17.0. The third kappa shape index (κ3) is 5.05. The lowest BCUT2D eigenvalue weighted by Gasteiger charge is -2.25. The molecule has 8 heteroatoms. The molecule has 2 heterocycles. The average molecular weight is 509 g/mol. The molecule has 0 radical (unpaired) electrons. The fourth-order valence-electron chi connectivity index (χ4n) is 4.49. The highest BCUT2D eigenvalue weighted by atomic mass is 32.2. The molecule has 1 aromatic heterocycles. The molecule has 1 N–H and O–H groups in total. The van der Waals surface area contributed by atoms with Crippen LogP contribution in [-0.2, 0) is 15.0 Å². The summed E-state index contributed by atoms with van der Waals surface area (Å²) in [6, 6.07) is 14.4. The summed E-state index contributed by atoms with van der Waals surface area (Å²) in [6.45, 7) is 11.8. The van der Waals surface area contributed by atoms with Gasteiger partial charge < -0.3 is 5.32 Å². The highest BCUT2D eigenvalue weighted by Gasteiger charge is 2.40. The van der Waals surface area contributed by atoms with Crippen molar-refractivity contribution in [2.24, 2.45) is 0 Å². The first-order valence-electron chi connectivity index (χ1n) is 12.1. The fraction of sp³-hybridized carbons (Fsp3) is 0.393. The Morgan fingerprint density at radius 3 is 2.47 bits per heavy atom. The third-order valence-corrected chi connectivity index (χ3v) is 7.32. The summed E-state index contributed by atoms with van der Waals surface area (Å²) in [6.07, 6.45) is 0. The summed E-state index contributed by atoms with van der Waals surface area (Å²) in [7, 11) is 0. The maximum absolute atomic E-state index is 15.2. The number of aryl methyl sites for hydroxylation is 1. The highest BCUT2D eigenvalue weighted by molar-refractivity contribution is 8.00. The van der Waals surface area contributed by atoms with Gasteiger partial charge in [0.1, 0.15) is 18.2 Å². The lowest BCUT2D eigenvalue weighted by atomic mass is 9.87. The van der Waals surface area contributed by atoms with Crippen molar-refractivity contribution in [3.8, 4) is 5.69 Å². The topological polar surface area (TPSA) is 67.2 Å². The Hall–Kier alpha value is -3.13. The number of halogens is 1. The Balaban J connectivity index is 2.05. The summed E-state index contributed by atoms with van der Waals surface area (Å²) in [5.74, 6) is -0.165. The van der Waals surface area contributed by atoms with Gasteiger partial charge in [-0.25, -0.2) is 9.07 Å². The first kappa shape index (κ1) is 25.9. The van der Waals surface area contributed by atoms with Gasteiger partial charge in [0.2, 0.25) is 11.8 Å². The van der Waals surface area contributed by atoms with Crippen molar-refractivity contribution in [2.45, 2.75) is 58.2 Å². The predicted octanol–water partition coefficient (Wildman–Crippen LogP) is 5.31. The summed E-state index contributed by atoms with van der Waals surface area (Å²) in [5, 5.41) is 7.48. The van der Waals surface area contributed by atoms with Crippen LogP contribution in [0.15, 0.2) is 48.5 Å². The number of thioether (sulfide) groups is 1. The second-order valence-corrected chi connectivity index (χ2v) is 11.5. The van der Waals surface area contributed by atoms with E-state index in [0.29, 0.717) is 11.4 Å². The number of benzene rings is 2. The molecule has 0 saturated heterocycles. The van der Waals surface area contributed by atoms with Gasteiger partial charge in [-0.15, -0.1) is 11.8 Å². The van der Waals surface area contributed by atoms with Gasteiger partial charge >= 0.3 is 0 Å². The number of para-hydroxylation sites is 1. The summed E-state index contributed by atoms with van der Waals surface area (Å²) < 4.78 is 16.9. The number of carbonyl (C=O) groups excluding carboxylic acids is 2. The third-order valence-electron chi connectivity index (χ3n) is 6.08. The molecule has 2 aromatic carbocycles. The molecule has 0 fully saturated rings. The van der Waals surface area contributed by atoms with E-state index in [-0.39, 0.29) is 36.0 Å². The quantitative estimate of drug-likeness (QED) is 0.507. The van der Waals surface area contributed by atoms with E-state index in [4.69, 9.17) is 5.10 Å². The van der Waals surface area contributed by atoms with E-state index < -0.39 is 10.7 Å². The molecule has 1 aliphatic rings. The van der Waals surface area contributed by atoms with Crippen LogP contribution in [0.5, 0.6) is 0 Å². The minimum Gasteiger partial charge on any atom is -0.352 e. The predicted molar refractivity (Wildman–Crippen MR) is 143 cm³/mol. The van der Waals surface area contributed by atoms with Gasteiger partial charge in [0.05, 0.1) is 22.4 Å². The van der Waals surface area contributed by atoms with E-state index in [1.54, 1.807) is 16.8 Å². The number of fused-ring (bicyclic) bond motifs is 1. The Kier molecular flexibility index (Phi) is 7.27. The molecular formula is C28H33FN4O2S. The lowest BCUT2D eigenvalue weighted by Crippen LogP contribution is -2.44. The van der Waals surface area contributed by atoms with Gasteiger partial charge in [-0.2, -0.15) is 5.10 Å². The number of hydrogen-bond acceptors (Lipinski definition) is 4. The van der Waals surface area contributed by atoms with Crippen LogP contribution in [0.4, 0.5) is 10.2 Å². The zero-order chi connectivity index (χ0) is 26.2. The largest absolute Gasteiger partial charge is 0.352 e. The molecule has 2 amide bonds. The molecule has 0 aliphatic carbocycles. The van der Waals surface area contributed by atoms with E-state index in [2.05, 4.69) is 26.1 Å². The van der Waals surface area contributed by atoms with E-state index >= 15 is 4.39 Å². The van der Waals surface area contributed by atoms with Gasteiger partial charge in [0, 0.05) is 22.6 Å². The summed E-state index contributed by atoms with van der Waals surface area (Å²) >= 11 is 1.37. The van der Waals surface area contributed by atoms with Crippen molar-refractivity contribution in [1.29, 1.82) is 0 Å². The second-order valence-electron chi connectivity index (χ2n) is 10.4. The molecule has 4 rings (SSSR count). The highest BCUT2D eigenvalue weighted by Crippen LogP contribution is 2.49. The SMILES string of the molecule is Cc1ccccc1-n1nc(C(C)(C)C)c2c1N(CC(=O)NC(C)C)C(=O)CS[C@H]2c1ccccc1F. The zero-order valence-corrected chi connectivity index (χ0v) is 22.4. The van der Waals surface area contributed by atoms with Gasteiger partial charge in [-0.1, -0.05) is 57.2 Å². The second kappa shape index (κ2) is 10.1. The average Bonchev–Trinajstić information content (AvgIpc) is 3.13. The van der Waals surface area contributed by atoms with Crippen LogP contribution in [0.2, 0.25) is 0 Å². The van der Waals surface area contributed by atoms with Gasteiger partial charge in [0.15, 0.2) is 0 Å². The maximum Gasteiger partial charge on any atom is 0.240 e. The van der Waals surface area contributed by atoms with Crippen LogP contribution in [-0.4, -0.2) is 39.9 Å². The molecule has 190 valence electrons. The first-order valence-corrected chi connectivity index (χ1v) is 13.2. The van der Waals surface area contributed by atoms with Crippen molar-refractivity contribution in [3.63, 3.8) is 0 Å². The summed E-state index contributed by atoms with van der Waals surface area (Å²) in [5.41, 5.74) is 3.42. The zero-order valence-electron chi connectivity index (χ0n) is 21.6. The number of nitrogens with zero attached hydrogens (tertiary/aromatic N) is 3. The van der Waals surface area contributed by atoms with Crippen LogP contribution < -0.4 is 10.2 Å². The number of aromatic nitrogens is 2. The monoisotopic (exact) mass is 508 g/mol. The molecule has 0 spiro atoms. The van der Waals surface area contributed by atoms with E-state index in [9.17, 15) is 9.59 Å². The number of amides is 2. The van der Waals surface area contributed by atoms with Crippen LogP contribution in [0, 0.1) is 12.7 Å². The Morgan fingerprint density at radius 2 is 1.83 bits per heavy atom. The molecule has 0 bridgehead atoms. The molecule has 0 saturated carbocycles. The van der Waals surface area contributed by atoms with Crippen LogP contribution in [0.3, 0.4) is 0 Å². The van der Waals surface area contributed by atoms with Crippen molar-refractivity contribution in [3.05, 3.63) is 76.7 Å². The van der Waals surface area contributed by atoms with Crippen molar-refractivity contribution < 1.29 is 14.0 Å². The Morgan fingerprint density at radius 1 is 1.17 bits per heavy atom. The fourth-order valence-corrected chi connectivity index (χ4v) is 5.71. The van der Waals surface area contributed by atoms with Crippen LogP contribution in [0.1, 0.15) is 62.3 Å². The van der Waals surface area contributed by atoms with E-state index in [1.807, 2.05) is 51.1 Å². The molecule has 6 nitrogen and oxygen atoms in total. The van der Waals surface area contributed by atoms with Gasteiger partial charge in [-0.3, -0.25) is 14.5 Å². The number of carbonyl (C=O) groups is 2. The van der Waals surface area contributed by atoms with Crippen molar-refractivity contribution >= 4 is 29.4 Å². The molecular weight excluding hydrogens is 475 g/mol. The number of rotatable bonds is 5. The molecule has 3 aromatic rings. The number of anilines is 1. The number of hydrogen-bond donors (Lipinski definition) is 1. The number of nitrogens with one attached hydrogen (secondary N) is 1. The molecule has 1 aliphatic heterocycles. The van der Waals surface area contributed by atoms with Crippen LogP contribution >= 0.6 is 11.8 Å². The molecule has 36 heavy (non-hydrogen) atoms. The van der Waals surface area contributed by atoms with Gasteiger partial charge in [-0.05, 0) is 38.5 Å². The lowest BCUT2D eigenvalue weighted by molar-refractivity contribution is -0.123. The molecule has 1 atom stereocenters. The normalized spacial score (nSPS) is 16.2. The maximum atomic E-state index is 15.2. The minimum atomic E-state index is -0.463. The van der Waals surface area contributed by atoms with E-state index in [0.717, 1.165) is 22.5 Å². The Labute approximate surface area is 216 Å².